The Balaban J connectivity index is 1.80. The number of methoxy groups -OCH3 is 1. The molecule has 23 heavy (non-hydrogen) atoms. The number of nitrogens with one attached hydrogen (secondary N) is 1. The predicted molar refractivity (Wildman–Crippen MR) is 90.9 cm³/mol. The smallest absolute Gasteiger partial charge is 0.340 e. The number of benzene rings is 1. The molecular weight excluding hydrogens is 312 g/mol. The molecule has 3 aromatic rings. The van der Waals surface area contributed by atoms with Crippen LogP contribution in [0.4, 0.5) is 5.00 Å². The summed E-state index contributed by atoms with van der Waals surface area (Å²) in [6, 6.07) is 9.59. The van der Waals surface area contributed by atoms with E-state index in [1.165, 1.54) is 18.4 Å². The third kappa shape index (κ3) is 2.98. The van der Waals surface area contributed by atoms with Crippen LogP contribution in [-0.2, 0) is 23.0 Å². The SMILES string of the molecule is COC(=O)c1ccsc1NC(=O)Cc1cn(C)c2ccccc12. The third-order valence-corrected chi connectivity index (χ3v) is 4.48. The van der Waals surface area contributed by atoms with Gasteiger partial charge in [0.2, 0.25) is 5.91 Å². The van der Waals surface area contributed by atoms with Crippen LogP contribution in [0.25, 0.3) is 10.9 Å². The molecule has 0 aliphatic carbocycles. The fourth-order valence-electron chi connectivity index (χ4n) is 2.59. The topological polar surface area (TPSA) is 60.3 Å². The average molecular weight is 328 g/mol. The van der Waals surface area contributed by atoms with Gasteiger partial charge in [0.25, 0.3) is 0 Å². The molecule has 0 fully saturated rings. The molecule has 0 unspecified atom stereocenters. The average Bonchev–Trinajstić information content (AvgIpc) is 3.12. The summed E-state index contributed by atoms with van der Waals surface area (Å²) in [6.45, 7) is 0. The van der Waals surface area contributed by atoms with Gasteiger partial charge >= 0.3 is 5.97 Å². The van der Waals surface area contributed by atoms with Crippen LogP contribution in [0.15, 0.2) is 41.9 Å². The summed E-state index contributed by atoms with van der Waals surface area (Å²) in [5.74, 6) is -0.610. The van der Waals surface area contributed by atoms with Gasteiger partial charge in [-0.2, -0.15) is 0 Å². The number of rotatable bonds is 4. The summed E-state index contributed by atoms with van der Waals surface area (Å²) in [7, 11) is 3.28. The second kappa shape index (κ2) is 6.26. The lowest BCUT2D eigenvalue weighted by atomic mass is 10.1. The molecular formula is C17H16N2O3S. The van der Waals surface area contributed by atoms with Crippen LogP contribution in [0.3, 0.4) is 0 Å². The lowest BCUT2D eigenvalue weighted by Crippen LogP contribution is -2.15. The molecule has 0 radical (unpaired) electrons. The van der Waals surface area contributed by atoms with Gasteiger partial charge < -0.3 is 14.6 Å². The van der Waals surface area contributed by atoms with Crippen LogP contribution < -0.4 is 5.32 Å². The number of aromatic nitrogens is 1. The molecule has 0 atom stereocenters. The molecule has 2 heterocycles. The van der Waals surface area contributed by atoms with Crippen LogP contribution in [0.5, 0.6) is 0 Å². The summed E-state index contributed by atoms with van der Waals surface area (Å²) >= 11 is 1.30. The summed E-state index contributed by atoms with van der Waals surface area (Å²) in [6.07, 6.45) is 2.21. The van der Waals surface area contributed by atoms with E-state index in [1.807, 2.05) is 42.1 Å². The van der Waals surface area contributed by atoms with E-state index < -0.39 is 5.97 Å². The highest BCUT2D eigenvalue weighted by Gasteiger charge is 2.16. The number of thiophene rings is 1. The number of anilines is 1. The minimum Gasteiger partial charge on any atom is -0.465 e. The standard InChI is InChI=1S/C17H16N2O3S/c1-19-10-11(12-5-3-4-6-14(12)19)9-15(20)18-16-13(7-8-23-16)17(21)22-2/h3-8,10H,9H2,1-2H3,(H,18,20). The number of fused-ring (bicyclic) bond motifs is 1. The number of hydrogen-bond acceptors (Lipinski definition) is 4. The zero-order valence-electron chi connectivity index (χ0n) is 12.8. The van der Waals surface area contributed by atoms with Crippen molar-refractivity contribution in [2.24, 2.45) is 7.05 Å². The lowest BCUT2D eigenvalue weighted by Gasteiger charge is -2.05. The zero-order valence-corrected chi connectivity index (χ0v) is 13.6. The van der Waals surface area contributed by atoms with Gasteiger partial charge in [0.15, 0.2) is 0 Å². The van der Waals surface area contributed by atoms with E-state index in [1.54, 1.807) is 11.4 Å². The number of para-hydroxylation sites is 1. The minimum absolute atomic E-state index is 0.158. The van der Waals surface area contributed by atoms with Crippen LogP contribution >= 0.6 is 11.3 Å². The molecule has 0 aliphatic heterocycles. The Morgan fingerprint density at radius 3 is 2.83 bits per heavy atom. The van der Waals surface area contributed by atoms with E-state index in [0.717, 1.165) is 16.5 Å². The Morgan fingerprint density at radius 1 is 1.26 bits per heavy atom. The van der Waals surface area contributed by atoms with Crippen molar-refractivity contribution in [1.82, 2.24) is 4.57 Å². The fraction of sp³-hybridized carbons (Fsp3) is 0.176. The van der Waals surface area contributed by atoms with Crippen LogP contribution in [0, 0.1) is 0 Å². The Kier molecular flexibility index (Phi) is 4.16. The number of hydrogen-bond donors (Lipinski definition) is 1. The van der Waals surface area contributed by atoms with Crippen molar-refractivity contribution in [2.75, 3.05) is 12.4 Å². The first-order valence-corrected chi connectivity index (χ1v) is 7.96. The predicted octanol–water partition coefficient (Wildman–Crippen LogP) is 3.21. The maximum Gasteiger partial charge on any atom is 0.340 e. The number of carbonyl (C=O) groups excluding carboxylic acids is 2. The second-order valence-electron chi connectivity index (χ2n) is 5.16. The quantitative estimate of drug-likeness (QED) is 0.748. The van der Waals surface area contributed by atoms with Crippen molar-refractivity contribution in [2.45, 2.75) is 6.42 Å². The van der Waals surface area contributed by atoms with Crippen molar-refractivity contribution in [3.8, 4) is 0 Å². The van der Waals surface area contributed by atoms with Gasteiger partial charge in [-0.3, -0.25) is 4.79 Å². The Hall–Kier alpha value is -2.60. The van der Waals surface area contributed by atoms with Crippen molar-refractivity contribution in [3.05, 3.63) is 53.0 Å². The Morgan fingerprint density at radius 2 is 2.04 bits per heavy atom. The first kappa shape index (κ1) is 15.3. The molecule has 1 aromatic carbocycles. The molecule has 2 aromatic heterocycles. The van der Waals surface area contributed by atoms with Crippen LogP contribution in [0.1, 0.15) is 15.9 Å². The third-order valence-electron chi connectivity index (χ3n) is 3.65. The summed E-state index contributed by atoms with van der Waals surface area (Å²) in [4.78, 5) is 24.0. The van der Waals surface area contributed by atoms with Gasteiger partial charge in [0.1, 0.15) is 5.00 Å². The highest BCUT2D eigenvalue weighted by molar-refractivity contribution is 7.14. The largest absolute Gasteiger partial charge is 0.465 e. The summed E-state index contributed by atoms with van der Waals surface area (Å²) in [5, 5.41) is 6.12. The van der Waals surface area contributed by atoms with Crippen molar-refractivity contribution in [1.29, 1.82) is 0 Å². The van der Waals surface area contributed by atoms with E-state index in [0.29, 0.717) is 10.6 Å². The molecule has 6 heteroatoms. The monoisotopic (exact) mass is 328 g/mol. The maximum atomic E-state index is 12.3. The normalized spacial score (nSPS) is 10.7. The highest BCUT2D eigenvalue weighted by atomic mass is 32.1. The van der Waals surface area contributed by atoms with Gasteiger partial charge in [0, 0.05) is 24.1 Å². The summed E-state index contributed by atoms with van der Waals surface area (Å²) < 4.78 is 6.71. The van der Waals surface area contributed by atoms with Crippen LogP contribution in [0.2, 0.25) is 0 Å². The Bertz CT molecular complexity index is 879. The van der Waals surface area contributed by atoms with Crippen LogP contribution in [-0.4, -0.2) is 23.6 Å². The van der Waals surface area contributed by atoms with Gasteiger partial charge in [-0.05, 0) is 23.1 Å². The van der Waals surface area contributed by atoms with Crippen molar-refractivity contribution >= 4 is 39.1 Å². The van der Waals surface area contributed by atoms with E-state index in [-0.39, 0.29) is 12.3 Å². The second-order valence-corrected chi connectivity index (χ2v) is 6.08. The molecule has 5 nitrogen and oxygen atoms in total. The number of aryl methyl sites for hydroxylation is 1. The minimum atomic E-state index is -0.452. The number of ether oxygens (including phenoxy) is 1. The molecule has 0 spiro atoms. The van der Waals surface area contributed by atoms with Crippen molar-refractivity contribution < 1.29 is 14.3 Å². The van der Waals surface area contributed by atoms with E-state index in [4.69, 9.17) is 4.74 Å². The fourth-order valence-corrected chi connectivity index (χ4v) is 3.38. The first-order chi connectivity index (χ1) is 11.1. The van der Waals surface area contributed by atoms with E-state index in [9.17, 15) is 9.59 Å². The van der Waals surface area contributed by atoms with Crippen molar-refractivity contribution in [3.63, 3.8) is 0 Å². The molecule has 0 aliphatic rings. The molecule has 0 bridgehead atoms. The first-order valence-electron chi connectivity index (χ1n) is 7.08. The molecule has 3 rings (SSSR count). The molecule has 0 saturated heterocycles. The zero-order chi connectivity index (χ0) is 16.4. The lowest BCUT2D eigenvalue weighted by molar-refractivity contribution is -0.115. The van der Waals surface area contributed by atoms with Gasteiger partial charge in [-0.15, -0.1) is 11.3 Å². The highest BCUT2D eigenvalue weighted by Crippen LogP contribution is 2.25. The molecule has 118 valence electrons. The van der Waals surface area contributed by atoms with E-state index in [2.05, 4.69) is 5.32 Å². The Labute approximate surface area is 137 Å². The maximum absolute atomic E-state index is 12.3. The number of amides is 1. The van der Waals surface area contributed by atoms with Gasteiger partial charge in [-0.25, -0.2) is 4.79 Å². The molecule has 1 amide bonds. The van der Waals surface area contributed by atoms with Gasteiger partial charge in [0.05, 0.1) is 19.1 Å². The molecule has 1 N–H and O–H groups in total. The van der Waals surface area contributed by atoms with Gasteiger partial charge in [-0.1, -0.05) is 18.2 Å². The molecule has 0 saturated carbocycles. The summed E-state index contributed by atoms with van der Waals surface area (Å²) in [5.41, 5.74) is 2.42. The number of esters is 1. The number of nitrogens with zero attached hydrogens (tertiary/aromatic N) is 1. The van der Waals surface area contributed by atoms with E-state index >= 15 is 0 Å². The number of carbonyl (C=O) groups is 2.